The molecule has 6 nitrogen and oxygen atoms in total. The largest absolute Gasteiger partial charge is 0.306 e. The second-order valence-electron chi connectivity index (χ2n) is 4.76. The number of nitrogens with zero attached hydrogens (tertiary/aromatic N) is 4. The maximum absolute atomic E-state index is 5.28. The van der Waals surface area contributed by atoms with Crippen LogP contribution in [0, 0.1) is 5.92 Å². The van der Waals surface area contributed by atoms with Crippen LogP contribution in [-0.2, 0) is 6.54 Å². The van der Waals surface area contributed by atoms with Crippen LogP contribution in [0.25, 0.3) is 0 Å². The number of nitrogens with two attached hydrogens (primary N) is 1. The fourth-order valence-corrected chi connectivity index (χ4v) is 3.02. The summed E-state index contributed by atoms with van der Waals surface area (Å²) in [5, 5.41) is 9.70. The van der Waals surface area contributed by atoms with E-state index in [1.807, 2.05) is 0 Å². The Labute approximate surface area is 106 Å². The van der Waals surface area contributed by atoms with Gasteiger partial charge in [0.25, 0.3) is 0 Å². The third kappa shape index (κ3) is 3.60. The average molecular weight is 256 g/mol. The Morgan fingerprint density at radius 2 is 2.41 bits per heavy atom. The molecular formula is C10H20N6S. The predicted octanol–water partition coefficient (Wildman–Crippen LogP) is 0.207. The van der Waals surface area contributed by atoms with E-state index in [0.717, 1.165) is 24.0 Å². The Hall–Kier alpha value is -0.760. The molecule has 2 rings (SSSR count). The minimum atomic E-state index is 0.675. The summed E-state index contributed by atoms with van der Waals surface area (Å²) in [5.74, 6) is 6.06. The zero-order chi connectivity index (χ0) is 12.3. The summed E-state index contributed by atoms with van der Waals surface area (Å²) in [6.45, 7) is 4.39. The van der Waals surface area contributed by atoms with Crippen molar-refractivity contribution in [3.05, 3.63) is 5.01 Å². The Morgan fingerprint density at radius 3 is 3.00 bits per heavy atom. The highest BCUT2D eigenvalue weighted by molar-refractivity contribution is 7.15. The lowest BCUT2D eigenvalue weighted by molar-refractivity contribution is 0.266. The first-order chi connectivity index (χ1) is 8.17. The van der Waals surface area contributed by atoms with Crippen molar-refractivity contribution in [2.45, 2.75) is 13.0 Å². The van der Waals surface area contributed by atoms with E-state index < -0.39 is 0 Å². The van der Waals surface area contributed by atoms with Gasteiger partial charge in [0.1, 0.15) is 5.01 Å². The van der Waals surface area contributed by atoms with Crippen LogP contribution in [0.4, 0.5) is 5.13 Å². The third-order valence-corrected chi connectivity index (χ3v) is 3.89. The molecule has 7 heteroatoms. The maximum Gasteiger partial charge on any atom is 0.219 e. The molecule has 0 spiro atoms. The Kier molecular flexibility index (Phi) is 4.27. The van der Waals surface area contributed by atoms with Gasteiger partial charge in [-0.05, 0) is 33.0 Å². The fraction of sp³-hybridized carbons (Fsp3) is 0.800. The van der Waals surface area contributed by atoms with E-state index in [1.165, 1.54) is 30.8 Å². The molecule has 17 heavy (non-hydrogen) atoms. The molecule has 1 aliphatic heterocycles. The van der Waals surface area contributed by atoms with Crippen molar-refractivity contribution in [1.82, 2.24) is 20.0 Å². The summed E-state index contributed by atoms with van der Waals surface area (Å²) >= 11 is 1.51. The highest BCUT2D eigenvalue weighted by Gasteiger charge is 2.21. The van der Waals surface area contributed by atoms with Crippen LogP contribution >= 0.6 is 11.3 Å². The second kappa shape index (κ2) is 5.72. The molecule has 0 saturated carbocycles. The lowest BCUT2D eigenvalue weighted by atomic mass is 10.1. The number of hydrazine groups is 1. The van der Waals surface area contributed by atoms with Gasteiger partial charge < -0.3 is 4.90 Å². The van der Waals surface area contributed by atoms with E-state index in [0.29, 0.717) is 5.13 Å². The number of anilines is 1. The Morgan fingerprint density at radius 1 is 1.59 bits per heavy atom. The zero-order valence-electron chi connectivity index (χ0n) is 10.4. The van der Waals surface area contributed by atoms with Gasteiger partial charge in [-0.2, -0.15) is 0 Å². The summed E-state index contributed by atoms with van der Waals surface area (Å²) in [7, 11) is 4.32. The normalized spacial score (nSPS) is 21.3. The van der Waals surface area contributed by atoms with Crippen molar-refractivity contribution in [3.63, 3.8) is 0 Å². The number of hydrogen-bond donors (Lipinski definition) is 2. The number of aromatic nitrogens is 2. The Balaban J connectivity index is 1.78. The second-order valence-corrected chi connectivity index (χ2v) is 5.82. The minimum absolute atomic E-state index is 0.675. The van der Waals surface area contributed by atoms with Crippen molar-refractivity contribution in [3.8, 4) is 0 Å². The van der Waals surface area contributed by atoms with Crippen LogP contribution in [0.15, 0.2) is 0 Å². The number of nitrogen functional groups attached to an aromatic ring is 1. The molecule has 0 amide bonds. The topological polar surface area (TPSA) is 70.3 Å². The van der Waals surface area contributed by atoms with Crippen molar-refractivity contribution in [1.29, 1.82) is 0 Å². The fourth-order valence-electron chi connectivity index (χ4n) is 2.29. The minimum Gasteiger partial charge on any atom is -0.306 e. The molecule has 0 aliphatic carbocycles. The average Bonchev–Trinajstić information content (AvgIpc) is 2.88. The van der Waals surface area contributed by atoms with Crippen LogP contribution in [0.1, 0.15) is 11.4 Å². The van der Waals surface area contributed by atoms with Crippen LogP contribution in [0.5, 0.6) is 0 Å². The molecule has 0 radical (unpaired) electrons. The first kappa shape index (κ1) is 12.7. The standard InChI is InChI=1S/C10H20N6S/c1-15-4-3-8(5-15)6-16(2)7-9-13-14-10(12-11)17-9/h8H,3-7,11H2,1-2H3,(H,12,14). The summed E-state index contributed by atoms with van der Waals surface area (Å²) in [6, 6.07) is 0. The van der Waals surface area contributed by atoms with E-state index in [1.54, 1.807) is 0 Å². The third-order valence-electron chi connectivity index (χ3n) is 3.05. The van der Waals surface area contributed by atoms with Crippen molar-refractivity contribution >= 4 is 16.5 Å². The molecule has 1 atom stereocenters. The van der Waals surface area contributed by atoms with Gasteiger partial charge >= 0.3 is 0 Å². The van der Waals surface area contributed by atoms with Gasteiger partial charge in [0.05, 0.1) is 6.54 Å². The SMILES string of the molecule is CN1CCC(CN(C)Cc2nnc(NN)s2)C1. The van der Waals surface area contributed by atoms with E-state index >= 15 is 0 Å². The molecule has 1 unspecified atom stereocenters. The molecule has 1 aromatic rings. The predicted molar refractivity (Wildman–Crippen MR) is 69.7 cm³/mol. The molecule has 1 aliphatic rings. The van der Waals surface area contributed by atoms with Gasteiger partial charge in [0, 0.05) is 13.1 Å². The lowest BCUT2D eigenvalue weighted by Gasteiger charge is -2.19. The summed E-state index contributed by atoms with van der Waals surface area (Å²) < 4.78 is 0. The number of hydrogen-bond acceptors (Lipinski definition) is 7. The van der Waals surface area contributed by atoms with E-state index in [4.69, 9.17) is 5.84 Å². The molecule has 0 aromatic carbocycles. The molecule has 2 heterocycles. The van der Waals surface area contributed by atoms with Gasteiger partial charge in [-0.25, -0.2) is 5.84 Å². The van der Waals surface area contributed by atoms with Crippen molar-refractivity contribution in [2.24, 2.45) is 11.8 Å². The molecule has 1 fully saturated rings. The highest BCUT2D eigenvalue weighted by atomic mass is 32.1. The highest BCUT2D eigenvalue weighted by Crippen LogP contribution is 2.18. The lowest BCUT2D eigenvalue weighted by Crippen LogP contribution is -2.27. The summed E-state index contributed by atoms with van der Waals surface area (Å²) in [6.07, 6.45) is 1.30. The zero-order valence-corrected chi connectivity index (χ0v) is 11.2. The van der Waals surface area contributed by atoms with Crippen molar-refractivity contribution in [2.75, 3.05) is 39.2 Å². The van der Waals surface area contributed by atoms with Gasteiger partial charge in [-0.3, -0.25) is 10.3 Å². The van der Waals surface area contributed by atoms with Crippen LogP contribution in [0.3, 0.4) is 0 Å². The van der Waals surface area contributed by atoms with E-state index in [9.17, 15) is 0 Å². The molecule has 1 aromatic heterocycles. The smallest absolute Gasteiger partial charge is 0.219 e. The Bertz CT molecular complexity index is 354. The van der Waals surface area contributed by atoms with Gasteiger partial charge in [0.15, 0.2) is 0 Å². The monoisotopic (exact) mass is 256 g/mol. The number of rotatable bonds is 5. The first-order valence-corrected chi connectivity index (χ1v) is 6.65. The van der Waals surface area contributed by atoms with Gasteiger partial charge in [0.2, 0.25) is 5.13 Å². The molecule has 96 valence electrons. The maximum atomic E-state index is 5.28. The van der Waals surface area contributed by atoms with E-state index in [-0.39, 0.29) is 0 Å². The van der Waals surface area contributed by atoms with Crippen LogP contribution < -0.4 is 11.3 Å². The molecule has 1 saturated heterocycles. The summed E-state index contributed by atoms with van der Waals surface area (Å²) in [4.78, 5) is 4.70. The number of nitrogens with one attached hydrogen (secondary N) is 1. The summed E-state index contributed by atoms with van der Waals surface area (Å²) in [5.41, 5.74) is 2.52. The molecule has 3 N–H and O–H groups in total. The van der Waals surface area contributed by atoms with Crippen LogP contribution in [0.2, 0.25) is 0 Å². The first-order valence-electron chi connectivity index (χ1n) is 5.83. The quantitative estimate of drug-likeness (QED) is 0.579. The van der Waals surface area contributed by atoms with E-state index in [2.05, 4.69) is 39.5 Å². The number of likely N-dealkylation sites (tertiary alicyclic amines) is 1. The van der Waals surface area contributed by atoms with Gasteiger partial charge in [-0.15, -0.1) is 10.2 Å². The molecule has 0 bridgehead atoms. The van der Waals surface area contributed by atoms with Crippen molar-refractivity contribution < 1.29 is 0 Å². The molecular weight excluding hydrogens is 236 g/mol. The van der Waals surface area contributed by atoms with Gasteiger partial charge in [-0.1, -0.05) is 11.3 Å². The van der Waals surface area contributed by atoms with Crippen LogP contribution in [-0.4, -0.2) is 53.7 Å².